The molecule has 3 N–H and O–H groups in total. The highest BCUT2D eigenvalue weighted by molar-refractivity contribution is 6.07. The number of carbonyl (C=O) groups excluding carboxylic acids is 3. The van der Waals surface area contributed by atoms with Gasteiger partial charge in [0.2, 0.25) is 11.8 Å². The molecule has 1 heterocycles. The molecule has 1 unspecified atom stereocenters. The van der Waals surface area contributed by atoms with E-state index in [1.165, 1.54) is 4.90 Å². The first-order valence-corrected chi connectivity index (χ1v) is 5.82. The topological polar surface area (TPSA) is 92.5 Å². The van der Waals surface area contributed by atoms with Gasteiger partial charge in [0.05, 0.1) is 6.42 Å². The second-order valence-electron chi connectivity index (χ2n) is 4.41. The van der Waals surface area contributed by atoms with Crippen molar-refractivity contribution in [3.63, 3.8) is 0 Å². The third-order valence-electron chi connectivity index (χ3n) is 2.64. The van der Waals surface area contributed by atoms with Gasteiger partial charge in [0.15, 0.2) is 0 Å². The van der Waals surface area contributed by atoms with Crippen LogP contribution in [-0.2, 0) is 14.4 Å². The smallest absolute Gasteiger partial charge is 0.252 e. The fraction of sp³-hybridized carbons (Fsp3) is 0.727. The van der Waals surface area contributed by atoms with E-state index in [2.05, 4.69) is 5.32 Å². The SMILES string of the molecule is CC(C)N1C(=O)CC(NC(=O)CCCN)C1=O.Cl. The monoisotopic (exact) mass is 277 g/mol. The summed E-state index contributed by atoms with van der Waals surface area (Å²) < 4.78 is 0. The van der Waals surface area contributed by atoms with Crippen LogP contribution >= 0.6 is 12.4 Å². The van der Waals surface area contributed by atoms with Crippen molar-refractivity contribution in [1.82, 2.24) is 10.2 Å². The highest BCUT2D eigenvalue weighted by Gasteiger charge is 2.40. The number of halogens is 1. The number of amides is 3. The van der Waals surface area contributed by atoms with Crippen LogP contribution in [0.15, 0.2) is 0 Å². The standard InChI is InChI=1S/C11H19N3O3.ClH/c1-7(2)14-10(16)6-8(11(14)17)13-9(15)4-3-5-12;/h7-8H,3-6,12H2,1-2H3,(H,13,15);1H. The van der Waals surface area contributed by atoms with Gasteiger partial charge < -0.3 is 11.1 Å². The number of nitrogens with zero attached hydrogens (tertiary/aromatic N) is 1. The Labute approximate surface area is 113 Å². The Morgan fingerprint density at radius 3 is 2.56 bits per heavy atom. The second kappa shape index (κ2) is 7.33. The van der Waals surface area contributed by atoms with Crippen LogP contribution in [0.4, 0.5) is 0 Å². The Hall–Kier alpha value is -1.14. The number of nitrogens with one attached hydrogen (secondary N) is 1. The van der Waals surface area contributed by atoms with Crippen molar-refractivity contribution < 1.29 is 14.4 Å². The zero-order valence-corrected chi connectivity index (χ0v) is 11.5. The lowest BCUT2D eigenvalue weighted by atomic mass is 10.2. The summed E-state index contributed by atoms with van der Waals surface area (Å²) in [5.74, 6) is -0.771. The molecule has 1 aliphatic heterocycles. The fourth-order valence-corrected chi connectivity index (χ4v) is 1.84. The van der Waals surface area contributed by atoms with E-state index < -0.39 is 6.04 Å². The molecule has 1 fully saturated rings. The van der Waals surface area contributed by atoms with Crippen molar-refractivity contribution in [3.8, 4) is 0 Å². The van der Waals surface area contributed by atoms with Crippen molar-refractivity contribution in [2.75, 3.05) is 6.54 Å². The molecular formula is C11H20ClN3O3. The molecule has 0 radical (unpaired) electrons. The number of hydrogen-bond donors (Lipinski definition) is 2. The third-order valence-corrected chi connectivity index (χ3v) is 2.64. The molecule has 0 aromatic carbocycles. The van der Waals surface area contributed by atoms with Crippen molar-refractivity contribution >= 4 is 30.1 Å². The predicted molar refractivity (Wildman–Crippen MR) is 69.1 cm³/mol. The fourth-order valence-electron chi connectivity index (χ4n) is 1.84. The van der Waals surface area contributed by atoms with Gasteiger partial charge in [-0.15, -0.1) is 12.4 Å². The largest absolute Gasteiger partial charge is 0.344 e. The molecule has 18 heavy (non-hydrogen) atoms. The summed E-state index contributed by atoms with van der Waals surface area (Å²) in [5.41, 5.74) is 5.29. The Morgan fingerprint density at radius 2 is 2.11 bits per heavy atom. The van der Waals surface area contributed by atoms with Gasteiger partial charge in [0, 0.05) is 12.5 Å². The van der Waals surface area contributed by atoms with E-state index in [4.69, 9.17) is 5.73 Å². The maximum Gasteiger partial charge on any atom is 0.252 e. The highest BCUT2D eigenvalue weighted by atomic mass is 35.5. The summed E-state index contributed by atoms with van der Waals surface area (Å²) in [6.45, 7) is 3.98. The van der Waals surface area contributed by atoms with Crippen LogP contribution in [-0.4, -0.2) is 41.2 Å². The van der Waals surface area contributed by atoms with Crippen molar-refractivity contribution in [2.45, 2.75) is 45.2 Å². The summed E-state index contributed by atoms with van der Waals surface area (Å²) >= 11 is 0. The minimum Gasteiger partial charge on any atom is -0.344 e. The molecule has 0 spiro atoms. The van der Waals surface area contributed by atoms with Crippen molar-refractivity contribution in [1.29, 1.82) is 0 Å². The van der Waals surface area contributed by atoms with E-state index >= 15 is 0 Å². The van der Waals surface area contributed by atoms with Gasteiger partial charge in [-0.05, 0) is 26.8 Å². The third kappa shape index (κ3) is 3.96. The number of imide groups is 1. The minimum atomic E-state index is -0.699. The second-order valence-corrected chi connectivity index (χ2v) is 4.41. The molecule has 0 aromatic heterocycles. The number of nitrogens with two attached hydrogens (primary N) is 1. The van der Waals surface area contributed by atoms with Crippen LogP contribution in [0.5, 0.6) is 0 Å². The quantitative estimate of drug-likeness (QED) is 0.681. The molecule has 0 aliphatic carbocycles. The Balaban J connectivity index is 0.00000289. The molecule has 3 amide bonds. The van der Waals surface area contributed by atoms with Crippen LogP contribution in [0.2, 0.25) is 0 Å². The van der Waals surface area contributed by atoms with Crippen molar-refractivity contribution in [2.24, 2.45) is 5.73 Å². The number of rotatable bonds is 5. The van der Waals surface area contributed by atoms with Gasteiger partial charge in [-0.25, -0.2) is 0 Å². The summed E-state index contributed by atoms with van der Waals surface area (Å²) in [6, 6.07) is -0.865. The van der Waals surface area contributed by atoms with E-state index in [-0.39, 0.29) is 49.0 Å². The van der Waals surface area contributed by atoms with Gasteiger partial charge >= 0.3 is 0 Å². The molecular weight excluding hydrogens is 258 g/mol. The Morgan fingerprint density at radius 1 is 1.50 bits per heavy atom. The highest BCUT2D eigenvalue weighted by Crippen LogP contribution is 2.16. The Kier molecular flexibility index (Phi) is 6.86. The molecule has 1 aliphatic rings. The summed E-state index contributed by atoms with van der Waals surface area (Å²) in [6.07, 6.45) is 0.927. The molecule has 1 saturated heterocycles. The lowest BCUT2D eigenvalue weighted by molar-refractivity contribution is -0.141. The predicted octanol–water partition coefficient (Wildman–Crippen LogP) is -0.201. The van der Waals surface area contributed by atoms with Gasteiger partial charge in [-0.1, -0.05) is 0 Å². The average molecular weight is 278 g/mol. The molecule has 104 valence electrons. The van der Waals surface area contributed by atoms with Gasteiger partial charge in [0.1, 0.15) is 6.04 Å². The van der Waals surface area contributed by atoms with Gasteiger partial charge in [-0.2, -0.15) is 0 Å². The first-order chi connectivity index (χ1) is 7.97. The number of carbonyl (C=O) groups is 3. The molecule has 7 heteroatoms. The number of hydrogen-bond acceptors (Lipinski definition) is 4. The van der Waals surface area contributed by atoms with Gasteiger partial charge in [0.25, 0.3) is 5.91 Å². The van der Waals surface area contributed by atoms with E-state index in [9.17, 15) is 14.4 Å². The minimum absolute atomic E-state index is 0. The van der Waals surface area contributed by atoms with Crippen LogP contribution < -0.4 is 11.1 Å². The van der Waals surface area contributed by atoms with E-state index in [0.717, 1.165) is 0 Å². The van der Waals surface area contributed by atoms with E-state index in [1.807, 2.05) is 0 Å². The first-order valence-electron chi connectivity index (χ1n) is 5.82. The molecule has 0 saturated carbocycles. The zero-order chi connectivity index (χ0) is 13.0. The maximum atomic E-state index is 11.8. The molecule has 0 bridgehead atoms. The molecule has 1 rings (SSSR count). The molecule has 0 aromatic rings. The van der Waals surface area contributed by atoms with Crippen molar-refractivity contribution in [3.05, 3.63) is 0 Å². The summed E-state index contributed by atoms with van der Waals surface area (Å²) in [4.78, 5) is 36.0. The van der Waals surface area contributed by atoms with Gasteiger partial charge in [-0.3, -0.25) is 19.3 Å². The average Bonchev–Trinajstić information content (AvgIpc) is 2.51. The van der Waals surface area contributed by atoms with Crippen LogP contribution in [0.25, 0.3) is 0 Å². The lowest BCUT2D eigenvalue weighted by Gasteiger charge is -2.19. The summed E-state index contributed by atoms with van der Waals surface area (Å²) in [5, 5.41) is 2.57. The van der Waals surface area contributed by atoms with E-state index in [1.54, 1.807) is 13.8 Å². The zero-order valence-electron chi connectivity index (χ0n) is 10.6. The molecule has 1 atom stereocenters. The number of likely N-dealkylation sites (tertiary alicyclic amines) is 1. The summed E-state index contributed by atoms with van der Waals surface area (Å²) in [7, 11) is 0. The molecule has 6 nitrogen and oxygen atoms in total. The maximum absolute atomic E-state index is 11.8. The first kappa shape index (κ1) is 16.9. The van der Waals surface area contributed by atoms with Crippen LogP contribution in [0, 0.1) is 0 Å². The van der Waals surface area contributed by atoms with E-state index in [0.29, 0.717) is 13.0 Å². The lowest BCUT2D eigenvalue weighted by Crippen LogP contribution is -2.43. The van der Waals surface area contributed by atoms with Crippen LogP contribution in [0.1, 0.15) is 33.1 Å². The Bertz CT molecular complexity index is 333. The van der Waals surface area contributed by atoms with Crippen LogP contribution in [0.3, 0.4) is 0 Å². The normalized spacial score (nSPS) is 19.1.